The van der Waals surface area contributed by atoms with Crippen molar-refractivity contribution in [2.75, 3.05) is 26.2 Å². The molecule has 114 valence electrons. The average Bonchev–Trinajstić information content (AvgIpc) is 2.45. The van der Waals surface area contributed by atoms with Crippen molar-refractivity contribution in [2.24, 2.45) is 5.92 Å². The Bertz CT molecular complexity index is 366. The molecule has 1 unspecified atom stereocenters. The summed E-state index contributed by atoms with van der Waals surface area (Å²) in [5.74, 6) is 0.512. The normalized spacial score (nSPS) is 28.2. The van der Waals surface area contributed by atoms with Crippen molar-refractivity contribution in [3.05, 3.63) is 0 Å². The van der Waals surface area contributed by atoms with E-state index in [4.69, 9.17) is 4.74 Å². The van der Waals surface area contributed by atoms with E-state index < -0.39 is 5.60 Å². The van der Waals surface area contributed by atoms with Gasteiger partial charge in [-0.2, -0.15) is 0 Å². The lowest BCUT2D eigenvalue weighted by atomic mass is 9.89. The van der Waals surface area contributed by atoms with E-state index in [1.54, 1.807) is 11.8 Å². The number of hydrogen-bond donors (Lipinski definition) is 1. The van der Waals surface area contributed by atoms with Crippen LogP contribution < -0.4 is 5.32 Å². The molecule has 0 radical (unpaired) electrons. The Morgan fingerprint density at radius 2 is 2.00 bits per heavy atom. The molecule has 1 saturated carbocycles. The van der Waals surface area contributed by atoms with Crippen molar-refractivity contribution in [2.45, 2.75) is 51.6 Å². The maximum atomic E-state index is 12.4. The molecule has 1 heterocycles. The minimum atomic E-state index is -0.904. The summed E-state index contributed by atoms with van der Waals surface area (Å²) in [6.07, 6.45) is 6.27. The van der Waals surface area contributed by atoms with Crippen LogP contribution in [-0.4, -0.2) is 48.6 Å². The summed E-state index contributed by atoms with van der Waals surface area (Å²) in [6.45, 7) is 5.38. The number of amides is 2. The minimum Gasteiger partial charge on any atom is -0.362 e. The van der Waals surface area contributed by atoms with Gasteiger partial charge >= 0.3 is 0 Å². The average molecular weight is 282 g/mol. The summed E-state index contributed by atoms with van der Waals surface area (Å²) in [6, 6.07) is 0. The van der Waals surface area contributed by atoms with E-state index in [9.17, 15) is 9.59 Å². The lowest BCUT2D eigenvalue weighted by Crippen LogP contribution is -2.59. The van der Waals surface area contributed by atoms with Crippen molar-refractivity contribution >= 4 is 11.8 Å². The fourth-order valence-corrected chi connectivity index (χ4v) is 3.09. The standard InChI is InChI=1S/C15H26N2O3/c1-12(18)17-8-9-20-15(2,11-17)14(19)16-10-13-6-4-3-5-7-13/h13H,3-11H2,1-2H3,(H,16,19). The van der Waals surface area contributed by atoms with Gasteiger partial charge < -0.3 is 15.0 Å². The van der Waals surface area contributed by atoms with E-state index >= 15 is 0 Å². The molecular formula is C15H26N2O3. The summed E-state index contributed by atoms with van der Waals surface area (Å²) >= 11 is 0. The molecule has 5 nitrogen and oxygen atoms in total. The first-order valence-electron chi connectivity index (χ1n) is 7.69. The van der Waals surface area contributed by atoms with Gasteiger partial charge in [-0.3, -0.25) is 9.59 Å². The van der Waals surface area contributed by atoms with Gasteiger partial charge in [-0.25, -0.2) is 0 Å². The van der Waals surface area contributed by atoms with Crippen molar-refractivity contribution in [3.63, 3.8) is 0 Å². The molecule has 5 heteroatoms. The highest BCUT2D eigenvalue weighted by Gasteiger charge is 2.40. The van der Waals surface area contributed by atoms with Gasteiger partial charge in [0.2, 0.25) is 5.91 Å². The van der Waals surface area contributed by atoms with Crippen LogP contribution in [0.3, 0.4) is 0 Å². The van der Waals surface area contributed by atoms with Gasteiger partial charge in [0.05, 0.1) is 13.2 Å². The first-order valence-corrected chi connectivity index (χ1v) is 7.69. The van der Waals surface area contributed by atoms with Crippen LogP contribution in [0.1, 0.15) is 46.0 Å². The van der Waals surface area contributed by atoms with E-state index in [0.29, 0.717) is 25.6 Å². The van der Waals surface area contributed by atoms with Crippen LogP contribution in [0.5, 0.6) is 0 Å². The molecule has 1 N–H and O–H groups in total. The molecule has 1 aliphatic heterocycles. The van der Waals surface area contributed by atoms with Crippen LogP contribution in [0.4, 0.5) is 0 Å². The summed E-state index contributed by atoms with van der Waals surface area (Å²) in [7, 11) is 0. The molecule has 1 aliphatic carbocycles. The smallest absolute Gasteiger partial charge is 0.253 e. The Morgan fingerprint density at radius 1 is 1.30 bits per heavy atom. The molecule has 2 aliphatic rings. The van der Waals surface area contributed by atoms with Crippen LogP contribution in [-0.2, 0) is 14.3 Å². The van der Waals surface area contributed by atoms with E-state index in [0.717, 1.165) is 6.54 Å². The fraction of sp³-hybridized carbons (Fsp3) is 0.867. The van der Waals surface area contributed by atoms with Crippen molar-refractivity contribution < 1.29 is 14.3 Å². The molecule has 0 aromatic carbocycles. The molecule has 2 amide bonds. The molecule has 0 bridgehead atoms. The fourth-order valence-electron chi connectivity index (χ4n) is 3.09. The summed E-state index contributed by atoms with van der Waals surface area (Å²) in [4.78, 5) is 25.5. The monoisotopic (exact) mass is 282 g/mol. The second-order valence-corrected chi connectivity index (χ2v) is 6.23. The molecule has 0 spiro atoms. The zero-order chi connectivity index (χ0) is 14.6. The first-order chi connectivity index (χ1) is 9.51. The number of rotatable bonds is 3. The number of nitrogens with one attached hydrogen (secondary N) is 1. The van der Waals surface area contributed by atoms with Crippen molar-refractivity contribution in [1.82, 2.24) is 10.2 Å². The van der Waals surface area contributed by atoms with Gasteiger partial charge in [0.1, 0.15) is 0 Å². The summed E-state index contributed by atoms with van der Waals surface area (Å²) in [5, 5.41) is 3.02. The zero-order valence-corrected chi connectivity index (χ0v) is 12.6. The lowest BCUT2D eigenvalue weighted by Gasteiger charge is -2.39. The molecule has 1 atom stereocenters. The predicted molar refractivity (Wildman–Crippen MR) is 76.2 cm³/mol. The van der Waals surface area contributed by atoms with E-state index in [-0.39, 0.29) is 11.8 Å². The summed E-state index contributed by atoms with van der Waals surface area (Å²) in [5.41, 5.74) is -0.904. The molecule has 2 rings (SSSR count). The lowest BCUT2D eigenvalue weighted by molar-refractivity contribution is -0.162. The topological polar surface area (TPSA) is 58.6 Å². The highest BCUT2D eigenvalue weighted by molar-refractivity contribution is 5.86. The number of carbonyl (C=O) groups excluding carboxylic acids is 2. The Balaban J connectivity index is 1.84. The minimum absolute atomic E-state index is 0.000365. The SMILES string of the molecule is CC(=O)N1CCOC(C)(C(=O)NCC2CCCCC2)C1. The third-order valence-corrected chi connectivity index (χ3v) is 4.48. The maximum absolute atomic E-state index is 12.4. The molecule has 2 fully saturated rings. The van der Waals surface area contributed by atoms with Gasteiger partial charge in [0, 0.05) is 20.0 Å². The quantitative estimate of drug-likeness (QED) is 0.849. The number of carbonyl (C=O) groups is 2. The zero-order valence-electron chi connectivity index (χ0n) is 12.6. The number of nitrogens with zero attached hydrogens (tertiary/aromatic N) is 1. The van der Waals surface area contributed by atoms with Crippen LogP contribution in [0.2, 0.25) is 0 Å². The van der Waals surface area contributed by atoms with Crippen LogP contribution in [0, 0.1) is 5.92 Å². The highest BCUT2D eigenvalue weighted by atomic mass is 16.5. The largest absolute Gasteiger partial charge is 0.362 e. The van der Waals surface area contributed by atoms with E-state index in [1.165, 1.54) is 39.0 Å². The molecule has 0 aromatic rings. The Kier molecular flexibility index (Phi) is 5.02. The Labute approximate surface area is 121 Å². The third-order valence-electron chi connectivity index (χ3n) is 4.48. The van der Waals surface area contributed by atoms with E-state index in [2.05, 4.69) is 5.32 Å². The van der Waals surface area contributed by atoms with Crippen LogP contribution in [0.25, 0.3) is 0 Å². The first kappa shape index (κ1) is 15.3. The van der Waals surface area contributed by atoms with Gasteiger partial charge in [-0.05, 0) is 25.7 Å². The second-order valence-electron chi connectivity index (χ2n) is 6.23. The van der Waals surface area contributed by atoms with E-state index in [1.807, 2.05) is 0 Å². The van der Waals surface area contributed by atoms with Gasteiger partial charge in [0.25, 0.3) is 5.91 Å². The summed E-state index contributed by atoms with van der Waals surface area (Å²) < 4.78 is 5.64. The number of morpholine rings is 1. The highest BCUT2D eigenvalue weighted by Crippen LogP contribution is 2.23. The predicted octanol–water partition coefficient (Wildman–Crippen LogP) is 1.32. The maximum Gasteiger partial charge on any atom is 0.253 e. The van der Waals surface area contributed by atoms with Crippen LogP contribution in [0.15, 0.2) is 0 Å². The van der Waals surface area contributed by atoms with Gasteiger partial charge in [-0.1, -0.05) is 19.3 Å². The van der Waals surface area contributed by atoms with Crippen molar-refractivity contribution in [3.8, 4) is 0 Å². The van der Waals surface area contributed by atoms with Gasteiger partial charge in [-0.15, -0.1) is 0 Å². The number of hydrogen-bond acceptors (Lipinski definition) is 3. The molecule has 20 heavy (non-hydrogen) atoms. The van der Waals surface area contributed by atoms with Crippen LogP contribution >= 0.6 is 0 Å². The van der Waals surface area contributed by atoms with Crippen molar-refractivity contribution in [1.29, 1.82) is 0 Å². The number of ether oxygens (including phenoxy) is 1. The second kappa shape index (κ2) is 6.57. The molecule has 1 saturated heterocycles. The molecular weight excluding hydrogens is 256 g/mol. The molecule has 0 aromatic heterocycles. The Hall–Kier alpha value is -1.10. The Morgan fingerprint density at radius 3 is 2.65 bits per heavy atom. The van der Waals surface area contributed by atoms with Gasteiger partial charge in [0.15, 0.2) is 5.60 Å². The third kappa shape index (κ3) is 3.72.